The van der Waals surface area contributed by atoms with E-state index in [0.717, 1.165) is 35.4 Å². The Balaban J connectivity index is 1.99. The zero-order valence-electron chi connectivity index (χ0n) is 9.54. The van der Waals surface area contributed by atoms with Gasteiger partial charge in [0.2, 0.25) is 0 Å². The Morgan fingerprint density at radius 3 is 2.94 bits per heavy atom. The van der Waals surface area contributed by atoms with E-state index in [1.54, 1.807) is 11.3 Å². The van der Waals surface area contributed by atoms with Crippen molar-refractivity contribution in [2.75, 3.05) is 0 Å². The third-order valence-corrected chi connectivity index (χ3v) is 5.17. The van der Waals surface area contributed by atoms with Crippen molar-refractivity contribution in [3.05, 3.63) is 20.8 Å². The molecule has 2 rings (SSSR count). The van der Waals surface area contributed by atoms with Crippen LogP contribution in [0.5, 0.6) is 0 Å². The maximum atomic E-state index is 11.9. The van der Waals surface area contributed by atoms with E-state index in [1.807, 2.05) is 0 Å². The van der Waals surface area contributed by atoms with E-state index in [4.69, 9.17) is 0 Å². The second-order valence-electron chi connectivity index (χ2n) is 4.62. The van der Waals surface area contributed by atoms with Crippen molar-refractivity contribution < 1.29 is 4.79 Å². The lowest BCUT2D eigenvalue weighted by Crippen LogP contribution is -2.26. The average Bonchev–Trinajstić information content (AvgIpc) is 2.67. The molecule has 3 heteroatoms. The highest BCUT2D eigenvalue weighted by Crippen LogP contribution is 2.33. The first-order valence-electron chi connectivity index (χ1n) is 5.96. The van der Waals surface area contributed by atoms with E-state index in [2.05, 4.69) is 35.0 Å². The zero-order valence-corrected chi connectivity index (χ0v) is 11.9. The molecule has 1 aromatic heterocycles. The summed E-state index contributed by atoms with van der Waals surface area (Å²) >= 11 is 5.23. The van der Waals surface area contributed by atoms with Gasteiger partial charge in [-0.2, -0.15) is 0 Å². The Morgan fingerprint density at radius 2 is 2.31 bits per heavy atom. The number of hydrogen-bond acceptors (Lipinski definition) is 2. The van der Waals surface area contributed by atoms with Gasteiger partial charge in [0, 0.05) is 17.2 Å². The first-order chi connectivity index (χ1) is 7.69. The SMILES string of the molecule is CCC1CCC(=O)C(Cc2ccc(Br)s2)C1. The highest BCUT2D eigenvalue weighted by atomic mass is 79.9. The Hall–Kier alpha value is -0.150. The minimum atomic E-state index is 0.282. The normalized spacial score (nSPS) is 26.0. The van der Waals surface area contributed by atoms with Crippen molar-refractivity contribution in [1.29, 1.82) is 0 Å². The van der Waals surface area contributed by atoms with E-state index in [-0.39, 0.29) is 5.92 Å². The van der Waals surface area contributed by atoms with Gasteiger partial charge in [-0.05, 0) is 53.2 Å². The molecule has 1 aliphatic rings. The molecule has 2 unspecified atom stereocenters. The number of rotatable bonds is 3. The van der Waals surface area contributed by atoms with Crippen LogP contribution < -0.4 is 0 Å². The molecule has 0 radical (unpaired) electrons. The molecule has 0 saturated heterocycles. The van der Waals surface area contributed by atoms with Crippen molar-refractivity contribution >= 4 is 33.0 Å². The van der Waals surface area contributed by atoms with Gasteiger partial charge in [-0.25, -0.2) is 0 Å². The molecule has 1 aliphatic carbocycles. The van der Waals surface area contributed by atoms with Crippen LogP contribution in [0.4, 0.5) is 0 Å². The van der Waals surface area contributed by atoms with Gasteiger partial charge in [-0.3, -0.25) is 4.79 Å². The van der Waals surface area contributed by atoms with E-state index >= 15 is 0 Å². The maximum Gasteiger partial charge on any atom is 0.136 e. The molecule has 1 aromatic rings. The van der Waals surface area contributed by atoms with Gasteiger partial charge in [-0.1, -0.05) is 13.3 Å². The lowest BCUT2D eigenvalue weighted by Gasteiger charge is -2.26. The van der Waals surface area contributed by atoms with Crippen molar-refractivity contribution in [3.63, 3.8) is 0 Å². The first-order valence-corrected chi connectivity index (χ1v) is 7.57. The van der Waals surface area contributed by atoms with Crippen LogP contribution in [0.3, 0.4) is 0 Å². The van der Waals surface area contributed by atoms with Gasteiger partial charge in [0.05, 0.1) is 3.79 Å². The Morgan fingerprint density at radius 1 is 1.50 bits per heavy atom. The average molecular weight is 301 g/mol. The van der Waals surface area contributed by atoms with Crippen LogP contribution in [0.1, 0.15) is 37.5 Å². The Kier molecular flexibility index (Phi) is 4.20. The number of halogens is 1. The highest BCUT2D eigenvalue weighted by molar-refractivity contribution is 9.11. The predicted molar refractivity (Wildman–Crippen MR) is 71.9 cm³/mol. The summed E-state index contributed by atoms with van der Waals surface area (Å²) in [4.78, 5) is 13.2. The lowest BCUT2D eigenvalue weighted by atomic mass is 9.78. The van der Waals surface area contributed by atoms with Crippen LogP contribution in [0.2, 0.25) is 0 Å². The number of ketones is 1. The van der Waals surface area contributed by atoms with Gasteiger partial charge in [0.25, 0.3) is 0 Å². The van der Waals surface area contributed by atoms with Gasteiger partial charge in [-0.15, -0.1) is 11.3 Å². The van der Waals surface area contributed by atoms with Crippen molar-refractivity contribution in [2.24, 2.45) is 11.8 Å². The molecule has 16 heavy (non-hydrogen) atoms. The summed E-state index contributed by atoms with van der Waals surface area (Å²) in [6.07, 6.45) is 5.18. The summed E-state index contributed by atoms with van der Waals surface area (Å²) < 4.78 is 1.16. The van der Waals surface area contributed by atoms with E-state index < -0.39 is 0 Å². The third-order valence-electron chi connectivity index (χ3n) is 3.53. The van der Waals surface area contributed by atoms with Crippen LogP contribution in [0, 0.1) is 11.8 Å². The van der Waals surface area contributed by atoms with Crippen LogP contribution in [0.25, 0.3) is 0 Å². The lowest BCUT2D eigenvalue weighted by molar-refractivity contribution is -0.125. The maximum absolute atomic E-state index is 11.9. The third kappa shape index (κ3) is 2.95. The molecule has 1 saturated carbocycles. The monoisotopic (exact) mass is 300 g/mol. The van der Waals surface area contributed by atoms with E-state index in [9.17, 15) is 4.79 Å². The van der Waals surface area contributed by atoms with Crippen molar-refractivity contribution in [3.8, 4) is 0 Å². The molecule has 2 atom stereocenters. The van der Waals surface area contributed by atoms with Crippen LogP contribution in [-0.2, 0) is 11.2 Å². The summed E-state index contributed by atoms with van der Waals surface area (Å²) in [5, 5.41) is 0. The van der Waals surface area contributed by atoms with Gasteiger partial charge >= 0.3 is 0 Å². The molecule has 88 valence electrons. The topological polar surface area (TPSA) is 17.1 Å². The standard InChI is InChI=1S/C13H17BrOS/c1-2-9-3-5-12(15)10(7-9)8-11-4-6-13(14)16-11/h4,6,9-10H,2-3,5,7-8H2,1H3. The molecule has 1 fully saturated rings. The molecule has 1 heterocycles. The molecule has 0 spiro atoms. The fourth-order valence-electron chi connectivity index (χ4n) is 2.47. The van der Waals surface area contributed by atoms with E-state index in [0.29, 0.717) is 5.78 Å². The smallest absolute Gasteiger partial charge is 0.136 e. The summed E-state index contributed by atoms with van der Waals surface area (Å²) in [5.74, 6) is 1.53. The number of carbonyl (C=O) groups is 1. The minimum absolute atomic E-state index is 0.282. The second-order valence-corrected chi connectivity index (χ2v) is 7.17. The summed E-state index contributed by atoms with van der Waals surface area (Å²) in [7, 11) is 0. The van der Waals surface area contributed by atoms with Crippen molar-refractivity contribution in [1.82, 2.24) is 0 Å². The second kappa shape index (κ2) is 5.46. The van der Waals surface area contributed by atoms with Crippen LogP contribution in [-0.4, -0.2) is 5.78 Å². The summed E-state index contributed by atoms with van der Waals surface area (Å²) in [6.45, 7) is 2.24. The molecule has 0 amide bonds. The molecule has 0 aromatic carbocycles. The molecule has 0 N–H and O–H groups in total. The van der Waals surface area contributed by atoms with Crippen LogP contribution in [0.15, 0.2) is 15.9 Å². The number of carbonyl (C=O) groups excluding carboxylic acids is 1. The van der Waals surface area contributed by atoms with E-state index in [1.165, 1.54) is 11.3 Å². The van der Waals surface area contributed by atoms with Gasteiger partial charge in [0.15, 0.2) is 0 Å². The van der Waals surface area contributed by atoms with Gasteiger partial charge in [0.1, 0.15) is 5.78 Å². The molecule has 0 aliphatic heterocycles. The fraction of sp³-hybridized carbons (Fsp3) is 0.615. The van der Waals surface area contributed by atoms with Crippen molar-refractivity contribution in [2.45, 2.75) is 39.0 Å². The largest absolute Gasteiger partial charge is 0.299 e. The summed E-state index contributed by atoms with van der Waals surface area (Å²) in [5.41, 5.74) is 0. The quantitative estimate of drug-likeness (QED) is 0.806. The Labute approximate surface area is 109 Å². The highest BCUT2D eigenvalue weighted by Gasteiger charge is 2.28. The molecular weight excluding hydrogens is 284 g/mol. The van der Waals surface area contributed by atoms with Gasteiger partial charge < -0.3 is 0 Å². The molecule has 0 bridgehead atoms. The number of Topliss-reactive ketones (excluding diaryl/α,β-unsaturated/α-hetero) is 1. The predicted octanol–water partition coefficient (Wildman–Crippen LogP) is 4.45. The number of hydrogen-bond donors (Lipinski definition) is 0. The first kappa shape index (κ1) is 12.3. The summed E-state index contributed by atoms with van der Waals surface area (Å²) in [6, 6.07) is 4.21. The van der Waals surface area contributed by atoms with Crippen LogP contribution >= 0.6 is 27.3 Å². The molecular formula is C13H17BrOS. The minimum Gasteiger partial charge on any atom is -0.299 e. The Bertz CT molecular complexity index is 372. The fourth-order valence-corrected chi connectivity index (χ4v) is 4.04. The number of thiophene rings is 1. The zero-order chi connectivity index (χ0) is 11.5. The molecule has 1 nitrogen and oxygen atoms in total.